The minimum absolute atomic E-state index is 0.0131. The molecule has 2 aromatic rings. The van der Waals surface area contributed by atoms with E-state index in [4.69, 9.17) is 23.2 Å². The summed E-state index contributed by atoms with van der Waals surface area (Å²) in [5.74, 6) is 0. The minimum Gasteiger partial charge on any atom is -0.303 e. The average Bonchev–Trinajstić information content (AvgIpc) is 2.49. The lowest BCUT2D eigenvalue weighted by Gasteiger charge is -2.23. The number of nitrogens with zero attached hydrogens (tertiary/aromatic N) is 1. The molecule has 0 aliphatic rings. The molecular formula is C17H19Cl2N. The molecule has 0 saturated carbocycles. The normalized spacial score (nSPS) is 14.2. The van der Waals surface area contributed by atoms with Crippen LogP contribution in [0.5, 0.6) is 0 Å². The summed E-state index contributed by atoms with van der Waals surface area (Å²) in [5.41, 5.74) is 2.29. The van der Waals surface area contributed by atoms with Crippen LogP contribution in [0.4, 0.5) is 0 Å². The van der Waals surface area contributed by atoms with Gasteiger partial charge in [0, 0.05) is 13.1 Å². The zero-order valence-electron chi connectivity index (χ0n) is 11.5. The maximum absolute atomic E-state index is 6.45. The van der Waals surface area contributed by atoms with Gasteiger partial charge in [-0.25, -0.2) is 0 Å². The first-order chi connectivity index (χ1) is 9.66. The van der Waals surface area contributed by atoms with Crippen LogP contribution in [0, 0.1) is 0 Å². The fourth-order valence-electron chi connectivity index (χ4n) is 2.16. The summed E-state index contributed by atoms with van der Waals surface area (Å²) < 4.78 is 0. The van der Waals surface area contributed by atoms with Crippen molar-refractivity contribution in [1.29, 1.82) is 0 Å². The lowest BCUT2D eigenvalue weighted by molar-refractivity contribution is 0.334. The standard InChI is InChI=1S/C17H19Cl2N/c1-20(12-16(18)14-8-4-2-5-9-14)13-17(19)15-10-6-3-7-11-15/h2-11,16-17H,12-13H2,1H3/t16-,17+. The number of halogens is 2. The Kier molecular flexibility index (Phi) is 5.90. The van der Waals surface area contributed by atoms with Gasteiger partial charge in [-0.05, 0) is 18.2 Å². The Labute approximate surface area is 131 Å². The van der Waals surface area contributed by atoms with Gasteiger partial charge in [-0.3, -0.25) is 0 Å². The third-order valence-electron chi connectivity index (χ3n) is 3.27. The van der Waals surface area contributed by atoms with Crippen LogP contribution in [0.25, 0.3) is 0 Å². The number of hydrogen-bond donors (Lipinski definition) is 0. The van der Waals surface area contributed by atoms with E-state index in [-0.39, 0.29) is 10.8 Å². The zero-order valence-corrected chi connectivity index (χ0v) is 13.1. The predicted octanol–water partition coefficient (Wildman–Crippen LogP) is 4.88. The van der Waals surface area contributed by atoms with Crippen molar-refractivity contribution in [3.8, 4) is 0 Å². The molecule has 0 amide bonds. The van der Waals surface area contributed by atoms with E-state index in [1.807, 2.05) is 36.4 Å². The van der Waals surface area contributed by atoms with E-state index in [0.717, 1.165) is 24.2 Å². The van der Waals surface area contributed by atoms with Gasteiger partial charge in [-0.2, -0.15) is 0 Å². The SMILES string of the molecule is CN(C[C@@H](Cl)c1ccccc1)C[C@H](Cl)c1ccccc1. The largest absolute Gasteiger partial charge is 0.303 e. The molecule has 2 atom stereocenters. The van der Waals surface area contributed by atoms with Crippen molar-refractivity contribution < 1.29 is 0 Å². The highest BCUT2D eigenvalue weighted by Crippen LogP contribution is 2.24. The van der Waals surface area contributed by atoms with E-state index in [1.54, 1.807) is 0 Å². The van der Waals surface area contributed by atoms with Crippen LogP contribution in [0.3, 0.4) is 0 Å². The molecule has 0 spiro atoms. The average molecular weight is 308 g/mol. The van der Waals surface area contributed by atoms with Crippen LogP contribution in [-0.2, 0) is 0 Å². The van der Waals surface area contributed by atoms with Gasteiger partial charge in [0.2, 0.25) is 0 Å². The maximum Gasteiger partial charge on any atom is 0.0712 e. The molecule has 20 heavy (non-hydrogen) atoms. The molecule has 0 aliphatic heterocycles. The van der Waals surface area contributed by atoms with Gasteiger partial charge in [0.25, 0.3) is 0 Å². The molecule has 0 aromatic heterocycles. The number of benzene rings is 2. The van der Waals surface area contributed by atoms with Crippen LogP contribution in [0.15, 0.2) is 60.7 Å². The topological polar surface area (TPSA) is 3.24 Å². The number of alkyl halides is 2. The molecule has 0 radical (unpaired) electrons. The summed E-state index contributed by atoms with van der Waals surface area (Å²) in [5, 5.41) is -0.0262. The van der Waals surface area contributed by atoms with Gasteiger partial charge in [0.15, 0.2) is 0 Å². The summed E-state index contributed by atoms with van der Waals surface area (Å²) in [4.78, 5) is 2.18. The molecule has 106 valence electrons. The summed E-state index contributed by atoms with van der Waals surface area (Å²) in [7, 11) is 2.05. The second-order valence-corrected chi connectivity index (χ2v) is 6.03. The van der Waals surface area contributed by atoms with Gasteiger partial charge >= 0.3 is 0 Å². The molecule has 0 N–H and O–H groups in total. The van der Waals surface area contributed by atoms with E-state index in [1.165, 1.54) is 0 Å². The van der Waals surface area contributed by atoms with Crippen LogP contribution < -0.4 is 0 Å². The second-order valence-electron chi connectivity index (χ2n) is 4.98. The molecule has 0 fully saturated rings. The third-order valence-corrected chi connectivity index (χ3v) is 4.05. The van der Waals surface area contributed by atoms with Crippen LogP contribution in [0.1, 0.15) is 21.9 Å². The van der Waals surface area contributed by atoms with E-state index < -0.39 is 0 Å². The number of rotatable bonds is 6. The number of likely N-dealkylation sites (N-methyl/N-ethyl adjacent to an activating group) is 1. The molecule has 0 saturated heterocycles. The van der Waals surface area contributed by atoms with Crippen molar-refractivity contribution in [2.75, 3.05) is 20.1 Å². The Morgan fingerprint density at radius 3 is 1.45 bits per heavy atom. The molecule has 0 unspecified atom stereocenters. The summed E-state index contributed by atoms with van der Waals surface area (Å²) in [6.07, 6.45) is 0. The van der Waals surface area contributed by atoms with Crippen molar-refractivity contribution in [2.24, 2.45) is 0 Å². The zero-order chi connectivity index (χ0) is 14.4. The highest BCUT2D eigenvalue weighted by molar-refractivity contribution is 6.21. The summed E-state index contributed by atoms with van der Waals surface area (Å²) >= 11 is 12.9. The van der Waals surface area contributed by atoms with Crippen LogP contribution in [-0.4, -0.2) is 25.0 Å². The first kappa shape index (κ1) is 15.4. The highest BCUT2D eigenvalue weighted by atomic mass is 35.5. The van der Waals surface area contributed by atoms with E-state index >= 15 is 0 Å². The number of hydrogen-bond acceptors (Lipinski definition) is 1. The predicted molar refractivity (Wildman–Crippen MR) is 87.6 cm³/mol. The van der Waals surface area contributed by atoms with Crippen LogP contribution >= 0.6 is 23.2 Å². The molecule has 3 heteroatoms. The Balaban J connectivity index is 1.88. The van der Waals surface area contributed by atoms with Gasteiger partial charge < -0.3 is 4.90 Å². The monoisotopic (exact) mass is 307 g/mol. The molecule has 0 heterocycles. The van der Waals surface area contributed by atoms with Crippen molar-refractivity contribution in [3.63, 3.8) is 0 Å². The first-order valence-corrected chi connectivity index (χ1v) is 7.60. The quantitative estimate of drug-likeness (QED) is 0.688. The minimum atomic E-state index is -0.0131. The summed E-state index contributed by atoms with van der Waals surface area (Å²) in [6.45, 7) is 1.56. The molecule has 1 nitrogen and oxygen atoms in total. The molecular weight excluding hydrogens is 289 g/mol. The van der Waals surface area contributed by atoms with E-state index in [9.17, 15) is 0 Å². The van der Waals surface area contributed by atoms with Gasteiger partial charge in [0.05, 0.1) is 10.8 Å². The van der Waals surface area contributed by atoms with E-state index in [0.29, 0.717) is 0 Å². The van der Waals surface area contributed by atoms with Crippen molar-refractivity contribution in [3.05, 3.63) is 71.8 Å². The Hall–Kier alpha value is -1.02. The summed E-state index contributed by atoms with van der Waals surface area (Å²) in [6, 6.07) is 20.3. The van der Waals surface area contributed by atoms with Gasteiger partial charge in [0.1, 0.15) is 0 Å². The first-order valence-electron chi connectivity index (χ1n) is 6.73. The molecule has 2 rings (SSSR count). The Morgan fingerprint density at radius 2 is 1.10 bits per heavy atom. The lowest BCUT2D eigenvalue weighted by atomic mass is 10.1. The van der Waals surface area contributed by atoms with Crippen molar-refractivity contribution >= 4 is 23.2 Å². The maximum atomic E-state index is 6.45. The molecule has 0 bridgehead atoms. The third kappa shape index (κ3) is 4.52. The van der Waals surface area contributed by atoms with Crippen molar-refractivity contribution in [2.45, 2.75) is 10.8 Å². The Morgan fingerprint density at radius 1 is 0.750 bits per heavy atom. The highest BCUT2D eigenvalue weighted by Gasteiger charge is 2.14. The van der Waals surface area contributed by atoms with Gasteiger partial charge in [-0.1, -0.05) is 60.7 Å². The van der Waals surface area contributed by atoms with Crippen LogP contribution in [0.2, 0.25) is 0 Å². The smallest absolute Gasteiger partial charge is 0.0712 e. The fourth-order valence-corrected chi connectivity index (χ4v) is 2.92. The van der Waals surface area contributed by atoms with Crippen molar-refractivity contribution in [1.82, 2.24) is 4.90 Å². The van der Waals surface area contributed by atoms with Gasteiger partial charge in [-0.15, -0.1) is 23.2 Å². The van der Waals surface area contributed by atoms with E-state index in [2.05, 4.69) is 36.2 Å². The molecule has 0 aliphatic carbocycles. The fraction of sp³-hybridized carbons (Fsp3) is 0.294. The lowest BCUT2D eigenvalue weighted by Crippen LogP contribution is -2.26. The molecule has 2 aromatic carbocycles. The second kappa shape index (κ2) is 7.68. The Bertz CT molecular complexity index is 453.